The fourth-order valence-electron chi connectivity index (χ4n) is 8.18. The first-order valence-corrected chi connectivity index (χ1v) is 13.9. The third-order valence-electron chi connectivity index (χ3n) is 9.81. The molecule has 0 aromatic carbocycles. The molecule has 186 valence electrons. The van der Waals surface area contributed by atoms with E-state index in [4.69, 9.17) is 9.47 Å². The first-order chi connectivity index (χ1) is 15.4. The molecule has 0 saturated heterocycles. The summed E-state index contributed by atoms with van der Waals surface area (Å²) < 4.78 is 78.3. The summed E-state index contributed by atoms with van der Waals surface area (Å²) in [5.41, 5.74) is -3.29. The van der Waals surface area contributed by atoms with Crippen LogP contribution in [-0.2, 0) is 24.1 Å². The number of alkyl halides is 3. The number of hydrogen-bond donors (Lipinski definition) is 0. The topological polar surface area (TPSA) is 69.7 Å². The van der Waals surface area contributed by atoms with Crippen molar-refractivity contribution in [2.45, 2.75) is 76.2 Å². The van der Waals surface area contributed by atoms with Gasteiger partial charge >= 0.3 is 12.1 Å². The molecule has 0 aliphatic heterocycles. The largest absolute Gasteiger partial charge is 0.458 e. The Labute approximate surface area is 193 Å². The number of halogens is 3. The molecule has 0 N–H and O–H groups in total. The molecule has 6 saturated carbocycles. The lowest BCUT2D eigenvalue weighted by molar-refractivity contribution is -0.269. The van der Waals surface area contributed by atoms with Gasteiger partial charge in [0.05, 0.1) is 18.5 Å². The van der Waals surface area contributed by atoms with Crippen LogP contribution in [0.1, 0.15) is 58.3 Å². The Kier molecular flexibility index (Phi) is 5.52. The molecule has 6 fully saturated rings. The van der Waals surface area contributed by atoms with Crippen LogP contribution in [0.15, 0.2) is 12.0 Å². The third kappa shape index (κ3) is 3.67. The minimum absolute atomic E-state index is 0.0878. The highest BCUT2D eigenvalue weighted by molar-refractivity contribution is 7.94. The van der Waals surface area contributed by atoms with Gasteiger partial charge in [-0.1, -0.05) is 6.58 Å². The van der Waals surface area contributed by atoms with Crippen molar-refractivity contribution in [3.05, 3.63) is 12.0 Å². The first-order valence-electron chi connectivity index (χ1n) is 12.1. The van der Waals surface area contributed by atoms with Crippen LogP contribution in [0.2, 0.25) is 0 Å². The normalized spacial score (nSPS) is 46.0. The summed E-state index contributed by atoms with van der Waals surface area (Å²) in [6.07, 6.45) is -0.132. The molecule has 4 unspecified atom stereocenters. The monoisotopic (exact) mass is 490 g/mol. The number of hydrogen-bond acceptors (Lipinski definition) is 5. The van der Waals surface area contributed by atoms with E-state index >= 15 is 0 Å². The lowest BCUT2D eigenvalue weighted by Crippen LogP contribution is -2.61. The van der Waals surface area contributed by atoms with Crippen LogP contribution in [0.5, 0.6) is 0 Å². The molecule has 0 spiro atoms. The highest BCUT2D eigenvalue weighted by Gasteiger charge is 2.73. The van der Waals surface area contributed by atoms with Gasteiger partial charge in [0.25, 0.3) is 0 Å². The van der Waals surface area contributed by atoms with Crippen molar-refractivity contribution in [1.29, 1.82) is 0 Å². The molecule has 9 heteroatoms. The summed E-state index contributed by atoms with van der Waals surface area (Å²) in [5, 5.41) is 0.854. The summed E-state index contributed by atoms with van der Waals surface area (Å²) in [6, 6.07) is 0. The molecular weight excluding hydrogens is 457 g/mol. The number of ether oxygens (including phenoxy) is 2. The molecule has 4 atom stereocenters. The van der Waals surface area contributed by atoms with Crippen LogP contribution in [0.4, 0.5) is 13.2 Å². The zero-order valence-electron chi connectivity index (χ0n) is 19.0. The predicted octanol–water partition coefficient (Wildman–Crippen LogP) is 4.67. The van der Waals surface area contributed by atoms with E-state index in [-0.39, 0.29) is 43.5 Å². The maximum absolute atomic E-state index is 14.5. The molecular formula is C24H33F3O5S. The molecule has 6 bridgehead atoms. The van der Waals surface area contributed by atoms with E-state index < -0.39 is 50.9 Å². The Bertz CT molecular complexity index is 901. The minimum atomic E-state index is -4.69. The number of carbonyl (C=O) groups is 1. The van der Waals surface area contributed by atoms with E-state index in [9.17, 15) is 26.4 Å². The average molecular weight is 491 g/mol. The predicted molar refractivity (Wildman–Crippen MR) is 115 cm³/mol. The van der Waals surface area contributed by atoms with Crippen LogP contribution >= 0.6 is 0 Å². The quantitative estimate of drug-likeness (QED) is 0.485. The highest BCUT2D eigenvalue weighted by Crippen LogP contribution is 2.65. The zero-order valence-corrected chi connectivity index (χ0v) is 19.8. The number of carbonyl (C=O) groups excluding carboxylic acids is 1. The Balaban J connectivity index is 1.30. The van der Waals surface area contributed by atoms with Crippen molar-refractivity contribution in [2.75, 3.05) is 12.4 Å². The molecule has 0 aromatic heterocycles. The van der Waals surface area contributed by atoms with Crippen molar-refractivity contribution in [2.24, 2.45) is 40.9 Å². The highest BCUT2D eigenvalue weighted by atomic mass is 32.2. The maximum Gasteiger partial charge on any atom is 0.405 e. The summed E-state index contributed by atoms with van der Waals surface area (Å²) in [6.45, 7) is 5.04. The Morgan fingerprint density at radius 3 is 2.12 bits per heavy atom. The Morgan fingerprint density at radius 2 is 1.64 bits per heavy atom. The van der Waals surface area contributed by atoms with E-state index in [0.717, 1.165) is 31.1 Å². The fraction of sp³-hybridized carbons (Fsp3) is 0.875. The molecule has 6 aliphatic rings. The Hall–Kier alpha value is -1.09. The zero-order chi connectivity index (χ0) is 23.8. The second-order valence-electron chi connectivity index (χ2n) is 11.4. The molecule has 0 heterocycles. The minimum Gasteiger partial charge on any atom is -0.458 e. The van der Waals surface area contributed by atoms with Crippen molar-refractivity contribution >= 4 is 15.8 Å². The van der Waals surface area contributed by atoms with E-state index in [2.05, 4.69) is 6.58 Å². The van der Waals surface area contributed by atoms with Crippen molar-refractivity contribution in [3.8, 4) is 0 Å². The smallest absolute Gasteiger partial charge is 0.405 e. The maximum atomic E-state index is 14.5. The van der Waals surface area contributed by atoms with Gasteiger partial charge in [-0.05, 0) is 93.8 Å². The van der Waals surface area contributed by atoms with Crippen molar-refractivity contribution in [1.82, 2.24) is 0 Å². The van der Waals surface area contributed by atoms with Crippen LogP contribution in [0, 0.1) is 40.9 Å². The second kappa shape index (κ2) is 7.70. The molecule has 0 radical (unpaired) electrons. The molecule has 0 amide bonds. The van der Waals surface area contributed by atoms with Crippen LogP contribution in [-0.4, -0.2) is 44.6 Å². The molecule has 0 aromatic rings. The standard InChI is InChI=1S/C24H33F3O5S/c1-3-33(29,30)5-4-31-20-12-19-11-16(20)13-23(19,24(25,26)27)21(28)32-22(2)17-7-14-6-15(9-17)10-18(22)8-14/h3,14-20H,1,4-13H2,2H3. The first kappa shape index (κ1) is 23.6. The van der Waals surface area contributed by atoms with Gasteiger partial charge in [0.15, 0.2) is 15.3 Å². The van der Waals surface area contributed by atoms with Crippen LogP contribution < -0.4 is 0 Å². The van der Waals surface area contributed by atoms with E-state index in [1.165, 1.54) is 6.42 Å². The summed E-state index contributed by atoms with van der Waals surface area (Å²) in [7, 11) is -3.43. The van der Waals surface area contributed by atoms with Crippen molar-refractivity contribution in [3.63, 3.8) is 0 Å². The molecule has 6 aliphatic carbocycles. The van der Waals surface area contributed by atoms with Gasteiger partial charge < -0.3 is 9.47 Å². The van der Waals surface area contributed by atoms with Gasteiger partial charge in [0.2, 0.25) is 0 Å². The number of rotatable bonds is 7. The second-order valence-corrected chi connectivity index (χ2v) is 13.5. The Morgan fingerprint density at radius 1 is 1.03 bits per heavy atom. The SMILES string of the molecule is C=CS(=O)(=O)CCOC1CC2CC1CC2(C(=O)OC1(C)C2CC3CC(C2)CC1C3)C(F)(F)F. The van der Waals surface area contributed by atoms with Gasteiger partial charge in [-0.3, -0.25) is 4.79 Å². The van der Waals surface area contributed by atoms with Gasteiger partial charge in [0.1, 0.15) is 5.60 Å². The van der Waals surface area contributed by atoms with E-state index in [1.807, 2.05) is 6.92 Å². The summed E-state index contributed by atoms with van der Waals surface area (Å²) >= 11 is 0. The third-order valence-corrected chi connectivity index (χ3v) is 11.1. The molecule has 6 rings (SSSR count). The van der Waals surface area contributed by atoms with Gasteiger partial charge in [-0.25, -0.2) is 8.42 Å². The van der Waals surface area contributed by atoms with Crippen LogP contribution in [0.3, 0.4) is 0 Å². The summed E-state index contributed by atoms with van der Waals surface area (Å²) in [5.74, 6) is -1.10. The average Bonchev–Trinajstić information content (AvgIpc) is 3.30. The van der Waals surface area contributed by atoms with Gasteiger partial charge in [-0.15, -0.1) is 0 Å². The molecule has 5 nitrogen and oxygen atoms in total. The summed E-state index contributed by atoms with van der Waals surface area (Å²) in [4.78, 5) is 13.4. The number of fused-ring (bicyclic) bond motifs is 2. The number of sulfone groups is 1. The molecule has 33 heavy (non-hydrogen) atoms. The van der Waals surface area contributed by atoms with Crippen molar-refractivity contribution < 1.29 is 35.9 Å². The van der Waals surface area contributed by atoms with E-state index in [0.29, 0.717) is 11.8 Å². The van der Waals surface area contributed by atoms with E-state index in [1.54, 1.807) is 0 Å². The fourth-order valence-corrected chi connectivity index (χ4v) is 8.67. The lowest BCUT2D eigenvalue weighted by Gasteiger charge is -2.59. The van der Waals surface area contributed by atoms with Gasteiger partial charge in [0, 0.05) is 5.41 Å². The number of esters is 1. The lowest BCUT2D eigenvalue weighted by atomic mass is 9.50. The van der Waals surface area contributed by atoms with Gasteiger partial charge in [-0.2, -0.15) is 13.2 Å². The van der Waals surface area contributed by atoms with Crippen LogP contribution in [0.25, 0.3) is 0 Å².